The Balaban J connectivity index is 1.54. The number of fused-ring (bicyclic) bond motifs is 3. The van der Waals surface area contributed by atoms with Crippen LogP contribution in [0.15, 0.2) is 139 Å². The van der Waals surface area contributed by atoms with Gasteiger partial charge >= 0.3 is 8.80 Å². The molecule has 0 saturated heterocycles. The van der Waals surface area contributed by atoms with Crippen LogP contribution in [-0.4, -0.2) is 8.80 Å². The molecule has 0 unspecified atom stereocenters. The average molecular weight is 527 g/mol. The van der Waals surface area contributed by atoms with Crippen LogP contribution in [0.5, 0.6) is 17.2 Å². The van der Waals surface area contributed by atoms with Gasteiger partial charge in [0, 0.05) is 21.9 Å². The van der Waals surface area contributed by atoms with Crippen molar-refractivity contribution in [1.29, 1.82) is 0 Å². The lowest BCUT2D eigenvalue weighted by molar-refractivity contribution is 0.283. The SMILES string of the molecule is CCCC=C[Si](Oc1cccc2ccccc12)(Oc1cccc2ccccc12)Oc1cccc2ccccc12. The molecule has 0 amide bonds. The van der Waals surface area contributed by atoms with Crippen molar-refractivity contribution in [3.63, 3.8) is 0 Å². The van der Waals surface area contributed by atoms with Crippen molar-refractivity contribution in [2.45, 2.75) is 19.8 Å². The number of hydrogen-bond acceptors (Lipinski definition) is 3. The van der Waals surface area contributed by atoms with Crippen LogP contribution >= 0.6 is 0 Å². The van der Waals surface area contributed by atoms with Crippen molar-refractivity contribution in [2.24, 2.45) is 0 Å². The quantitative estimate of drug-likeness (QED) is 0.176. The van der Waals surface area contributed by atoms with E-state index in [9.17, 15) is 0 Å². The van der Waals surface area contributed by atoms with E-state index in [4.69, 9.17) is 13.3 Å². The molecule has 0 N–H and O–H groups in total. The first-order valence-corrected chi connectivity index (χ1v) is 15.2. The van der Waals surface area contributed by atoms with Crippen molar-refractivity contribution in [2.75, 3.05) is 0 Å². The summed E-state index contributed by atoms with van der Waals surface area (Å²) in [6.45, 7) is 2.16. The Labute approximate surface area is 230 Å². The predicted octanol–water partition coefficient (Wildman–Crippen LogP) is 9.52. The third-order valence-electron chi connectivity index (χ3n) is 6.78. The van der Waals surface area contributed by atoms with E-state index in [0.29, 0.717) is 0 Å². The molecule has 0 fully saturated rings. The third-order valence-corrected chi connectivity index (χ3v) is 8.94. The summed E-state index contributed by atoms with van der Waals surface area (Å²) >= 11 is 0. The molecule has 0 radical (unpaired) electrons. The Morgan fingerprint density at radius 1 is 0.487 bits per heavy atom. The first-order chi connectivity index (χ1) is 19.2. The molecule has 0 aliphatic carbocycles. The second-order valence-electron chi connectivity index (χ2n) is 9.53. The molecule has 0 atom stereocenters. The van der Waals surface area contributed by atoms with E-state index in [1.807, 2.05) is 78.5 Å². The maximum atomic E-state index is 6.98. The van der Waals surface area contributed by atoms with Gasteiger partial charge in [-0.1, -0.05) is 129 Å². The highest BCUT2D eigenvalue weighted by Gasteiger charge is 2.48. The van der Waals surface area contributed by atoms with Crippen LogP contribution in [0.2, 0.25) is 0 Å². The molecule has 3 nitrogen and oxygen atoms in total. The topological polar surface area (TPSA) is 27.7 Å². The predicted molar refractivity (Wildman–Crippen MR) is 164 cm³/mol. The number of hydrogen-bond donors (Lipinski definition) is 0. The van der Waals surface area contributed by atoms with Gasteiger partial charge < -0.3 is 13.3 Å². The van der Waals surface area contributed by atoms with Crippen LogP contribution in [-0.2, 0) is 0 Å². The van der Waals surface area contributed by atoms with Gasteiger partial charge in [-0.15, -0.1) is 0 Å². The van der Waals surface area contributed by atoms with E-state index >= 15 is 0 Å². The number of rotatable bonds is 9. The summed E-state index contributed by atoms with van der Waals surface area (Å²) in [5.74, 6) is 2.21. The van der Waals surface area contributed by atoms with Gasteiger partial charge in [-0.3, -0.25) is 0 Å². The summed E-state index contributed by atoms with van der Waals surface area (Å²) in [5, 5.41) is 6.36. The van der Waals surface area contributed by atoms with Gasteiger partial charge in [0.2, 0.25) is 0 Å². The number of unbranched alkanes of at least 4 members (excludes halogenated alkanes) is 1. The second kappa shape index (κ2) is 11.1. The summed E-state index contributed by atoms with van der Waals surface area (Å²) in [6.07, 6.45) is 4.04. The van der Waals surface area contributed by atoms with Gasteiger partial charge in [0.1, 0.15) is 17.2 Å². The molecule has 4 heteroatoms. The number of allylic oxidation sites excluding steroid dienone is 1. The van der Waals surface area contributed by atoms with Crippen LogP contribution in [0.3, 0.4) is 0 Å². The molecule has 6 aromatic carbocycles. The van der Waals surface area contributed by atoms with Gasteiger partial charge in [0.15, 0.2) is 0 Å². The molecule has 0 spiro atoms. The molecule has 6 aromatic rings. The molecule has 0 aliphatic heterocycles. The largest absolute Gasteiger partial charge is 0.729 e. The molecule has 0 saturated carbocycles. The van der Waals surface area contributed by atoms with Gasteiger partial charge in [-0.05, 0) is 40.8 Å². The fraction of sp³-hybridized carbons (Fsp3) is 0.0857. The van der Waals surface area contributed by atoms with Gasteiger partial charge in [-0.2, -0.15) is 0 Å². The van der Waals surface area contributed by atoms with E-state index in [1.54, 1.807) is 0 Å². The average Bonchev–Trinajstić information content (AvgIpc) is 2.98. The first-order valence-electron chi connectivity index (χ1n) is 13.4. The van der Waals surface area contributed by atoms with Crippen LogP contribution in [0, 0.1) is 0 Å². The molecular weight excluding hydrogens is 496 g/mol. The lowest BCUT2D eigenvalue weighted by Crippen LogP contribution is -2.53. The summed E-state index contributed by atoms with van der Waals surface area (Å²) in [7, 11) is -3.59. The highest BCUT2D eigenvalue weighted by Crippen LogP contribution is 2.35. The molecule has 0 aliphatic rings. The van der Waals surface area contributed by atoms with E-state index in [-0.39, 0.29) is 0 Å². The Bertz CT molecular complexity index is 1560. The van der Waals surface area contributed by atoms with Crippen LogP contribution in [0.1, 0.15) is 19.8 Å². The van der Waals surface area contributed by atoms with E-state index in [2.05, 4.69) is 67.6 Å². The van der Waals surface area contributed by atoms with Crippen LogP contribution < -0.4 is 13.3 Å². The highest BCUT2D eigenvalue weighted by atomic mass is 28.4. The summed E-state index contributed by atoms with van der Waals surface area (Å²) in [4.78, 5) is 0. The van der Waals surface area contributed by atoms with Crippen molar-refractivity contribution in [3.8, 4) is 17.2 Å². The fourth-order valence-corrected chi connectivity index (χ4v) is 7.11. The molecular formula is C35H30O3Si. The first kappa shape index (κ1) is 24.8. The van der Waals surface area contributed by atoms with Crippen molar-refractivity contribution >= 4 is 41.1 Å². The van der Waals surface area contributed by atoms with Gasteiger partial charge in [-0.25, -0.2) is 0 Å². The summed E-state index contributed by atoms with van der Waals surface area (Å²) < 4.78 is 20.9. The van der Waals surface area contributed by atoms with E-state index < -0.39 is 8.80 Å². The molecule has 0 heterocycles. The molecule has 39 heavy (non-hydrogen) atoms. The van der Waals surface area contributed by atoms with Crippen molar-refractivity contribution in [3.05, 3.63) is 139 Å². The Kier molecular flexibility index (Phi) is 7.02. The lowest BCUT2D eigenvalue weighted by Gasteiger charge is -2.29. The zero-order chi connectivity index (χ0) is 26.5. The maximum absolute atomic E-state index is 6.98. The molecule has 0 bridgehead atoms. The molecule has 192 valence electrons. The number of benzene rings is 6. The fourth-order valence-electron chi connectivity index (χ4n) is 4.87. The lowest BCUT2D eigenvalue weighted by atomic mass is 10.1. The van der Waals surface area contributed by atoms with E-state index in [0.717, 1.165) is 62.4 Å². The minimum absolute atomic E-state index is 0.737. The zero-order valence-electron chi connectivity index (χ0n) is 21.9. The summed E-state index contributed by atoms with van der Waals surface area (Å²) in [6, 6.07) is 43.0. The normalized spacial score (nSPS) is 11.8. The Morgan fingerprint density at radius 2 is 0.846 bits per heavy atom. The maximum Gasteiger partial charge on any atom is 0.729 e. The highest BCUT2D eigenvalue weighted by molar-refractivity contribution is 6.68. The third kappa shape index (κ3) is 5.24. The van der Waals surface area contributed by atoms with Crippen LogP contribution in [0.25, 0.3) is 32.3 Å². The monoisotopic (exact) mass is 526 g/mol. The van der Waals surface area contributed by atoms with Crippen LogP contribution in [0.4, 0.5) is 0 Å². The Hall–Kier alpha value is -4.54. The zero-order valence-corrected chi connectivity index (χ0v) is 22.9. The van der Waals surface area contributed by atoms with E-state index in [1.165, 1.54) is 0 Å². The summed E-state index contributed by atoms with van der Waals surface area (Å²) in [5.41, 5.74) is 2.04. The molecule has 6 rings (SSSR count). The Morgan fingerprint density at radius 3 is 1.23 bits per heavy atom. The van der Waals surface area contributed by atoms with Crippen molar-refractivity contribution < 1.29 is 13.3 Å². The minimum Gasteiger partial charge on any atom is -0.480 e. The molecule has 0 aromatic heterocycles. The van der Waals surface area contributed by atoms with Crippen molar-refractivity contribution in [1.82, 2.24) is 0 Å². The minimum atomic E-state index is -3.59. The van der Waals surface area contributed by atoms with Gasteiger partial charge in [0.25, 0.3) is 0 Å². The van der Waals surface area contributed by atoms with Gasteiger partial charge in [0.05, 0.1) is 0 Å². The smallest absolute Gasteiger partial charge is 0.480 e. The standard InChI is InChI=1S/C35H30O3Si/c1-2-3-10-26-39(36-33-23-11-17-27-14-4-7-20-30(27)33,37-34-24-12-18-28-15-5-8-21-31(28)34)38-35-25-13-19-29-16-6-9-22-32(29)35/h4-26H,2-3H2,1H3. The second-order valence-corrected chi connectivity index (χ2v) is 11.7.